The fourth-order valence-corrected chi connectivity index (χ4v) is 5.29. The Kier molecular flexibility index (Phi) is 6.45. The van der Waals surface area contributed by atoms with Crippen LogP contribution in [0.5, 0.6) is 0 Å². The molecule has 4 aromatic rings. The molecule has 1 atom stereocenters. The number of carbonyl (C=O) groups excluding carboxylic acids is 1. The fourth-order valence-electron chi connectivity index (χ4n) is 4.53. The maximum absolute atomic E-state index is 13.0. The first-order valence-corrected chi connectivity index (χ1v) is 12.6. The highest BCUT2D eigenvalue weighted by Gasteiger charge is 2.28. The third-order valence-electron chi connectivity index (χ3n) is 6.39. The first-order valence-electron chi connectivity index (χ1n) is 11.8. The molecule has 1 aromatic carbocycles. The first-order chi connectivity index (χ1) is 16.6. The lowest BCUT2D eigenvalue weighted by molar-refractivity contribution is 0.101. The SMILES string of the molecule is CC(C)c1ccc(N2CCCC2c2csc(NC(=O)c3cccn3Cc3ccncc3)n2)cc1. The fraction of sp³-hybridized carbons (Fsp3) is 0.296. The second-order valence-electron chi connectivity index (χ2n) is 9.01. The van der Waals surface area contributed by atoms with Crippen LogP contribution in [0.3, 0.4) is 0 Å². The molecule has 1 fully saturated rings. The number of anilines is 2. The predicted molar refractivity (Wildman–Crippen MR) is 138 cm³/mol. The molecule has 0 bridgehead atoms. The minimum atomic E-state index is -0.146. The summed E-state index contributed by atoms with van der Waals surface area (Å²) >= 11 is 1.49. The normalized spacial score (nSPS) is 15.7. The van der Waals surface area contributed by atoms with Crippen LogP contribution in [0.1, 0.15) is 66.0 Å². The highest BCUT2D eigenvalue weighted by Crippen LogP contribution is 2.37. The van der Waals surface area contributed by atoms with Crippen molar-refractivity contribution < 1.29 is 4.79 Å². The molecule has 5 rings (SSSR count). The number of hydrogen-bond acceptors (Lipinski definition) is 5. The molecule has 1 N–H and O–H groups in total. The van der Waals surface area contributed by atoms with E-state index in [4.69, 9.17) is 4.98 Å². The van der Waals surface area contributed by atoms with E-state index in [1.807, 2.05) is 35.0 Å². The van der Waals surface area contributed by atoms with E-state index in [1.54, 1.807) is 12.4 Å². The van der Waals surface area contributed by atoms with Crippen molar-refractivity contribution >= 4 is 28.1 Å². The van der Waals surface area contributed by atoms with E-state index in [0.29, 0.717) is 23.3 Å². The summed E-state index contributed by atoms with van der Waals surface area (Å²) in [5.41, 5.74) is 5.32. The van der Waals surface area contributed by atoms with Gasteiger partial charge < -0.3 is 9.47 Å². The van der Waals surface area contributed by atoms with Gasteiger partial charge in [0.15, 0.2) is 5.13 Å². The number of carbonyl (C=O) groups is 1. The molecule has 1 unspecified atom stereocenters. The van der Waals surface area contributed by atoms with Gasteiger partial charge in [-0.25, -0.2) is 4.98 Å². The van der Waals surface area contributed by atoms with Crippen molar-refractivity contribution in [1.29, 1.82) is 0 Å². The lowest BCUT2D eigenvalue weighted by atomic mass is 10.0. The maximum atomic E-state index is 13.0. The molecular weight excluding hydrogens is 442 g/mol. The molecule has 1 amide bonds. The highest BCUT2D eigenvalue weighted by atomic mass is 32.1. The molecule has 0 radical (unpaired) electrons. The minimum absolute atomic E-state index is 0.146. The van der Waals surface area contributed by atoms with Crippen LogP contribution >= 0.6 is 11.3 Å². The van der Waals surface area contributed by atoms with E-state index in [2.05, 4.69) is 58.7 Å². The number of hydrogen-bond donors (Lipinski definition) is 1. The number of benzene rings is 1. The number of aromatic nitrogens is 3. The molecule has 0 saturated carbocycles. The quantitative estimate of drug-likeness (QED) is 0.353. The predicted octanol–water partition coefficient (Wildman–Crippen LogP) is 6.11. The molecule has 1 saturated heterocycles. The largest absolute Gasteiger partial charge is 0.363 e. The number of amides is 1. The molecule has 0 spiro atoms. The summed E-state index contributed by atoms with van der Waals surface area (Å²) in [5.74, 6) is 0.381. The maximum Gasteiger partial charge on any atom is 0.274 e. The van der Waals surface area contributed by atoms with Gasteiger partial charge in [-0.15, -0.1) is 11.3 Å². The van der Waals surface area contributed by atoms with Gasteiger partial charge in [0.05, 0.1) is 11.7 Å². The van der Waals surface area contributed by atoms with Gasteiger partial charge in [0.1, 0.15) is 5.69 Å². The zero-order valence-electron chi connectivity index (χ0n) is 19.5. The van der Waals surface area contributed by atoms with Crippen LogP contribution in [-0.4, -0.2) is 27.0 Å². The van der Waals surface area contributed by atoms with Crippen molar-refractivity contribution in [3.63, 3.8) is 0 Å². The van der Waals surface area contributed by atoms with Crippen LogP contribution in [0.25, 0.3) is 0 Å². The van der Waals surface area contributed by atoms with Crippen molar-refractivity contribution in [2.75, 3.05) is 16.8 Å². The van der Waals surface area contributed by atoms with Gasteiger partial charge in [0, 0.05) is 42.7 Å². The summed E-state index contributed by atoms with van der Waals surface area (Å²) in [6.45, 7) is 6.07. The van der Waals surface area contributed by atoms with Crippen LogP contribution in [0.15, 0.2) is 72.5 Å². The molecule has 3 aromatic heterocycles. The number of pyridine rings is 1. The summed E-state index contributed by atoms with van der Waals surface area (Å²) in [6.07, 6.45) is 7.65. The summed E-state index contributed by atoms with van der Waals surface area (Å²) in [7, 11) is 0. The summed E-state index contributed by atoms with van der Waals surface area (Å²) in [5, 5.41) is 5.72. The van der Waals surface area contributed by atoms with Crippen molar-refractivity contribution in [2.45, 2.75) is 45.2 Å². The molecular formula is C27H29N5OS. The van der Waals surface area contributed by atoms with E-state index in [-0.39, 0.29) is 11.9 Å². The standard InChI is InChI=1S/C27H29N5OS/c1-19(2)21-7-9-22(10-8-21)32-16-4-5-24(32)23-18-34-27(29-23)30-26(33)25-6-3-15-31(25)17-20-11-13-28-14-12-20/h3,6-15,18-19,24H,4-5,16-17H2,1-2H3,(H,29,30,33). The smallest absolute Gasteiger partial charge is 0.274 e. The molecule has 0 aliphatic carbocycles. The van der Waals surface area contributed by atoms with Crippen LogP contribution in [0, 0.1) is 0 Å². The third-order valence-corrected chi connectivity index (χ3v) is 7.17. The lowest BCUT2D eigenvalue weighted by Crippen LogP contribution is -2.23. The lowest BCUT2D eigenvalue weighted by Gasteiger charge is -2.26. The summed E-state index contributed by atoms with van der Waals surface area (Å²) in [4.78, 5) is 24.3. The Hall–Kier alpha value is -3.45. The van der Waals surface area contributed by atoms with E-state index < -0.39 is 0 Å². The summed E-state index contributed by atoms with van der Waals surface area (Å²) < 4.78 is 1.94. The van der Waals surface area contributed by atoms with Crippen LogP contribution in [0.2, 0.25) is 0 Å². The van der Waals surface area contributed by atoms with Crippen LogP contribution < -0.4 is 10.2 Å². The Morgan fingerprint density at radius 2 is 1.94 bits per heavy atom. The second-order valence-corrected chi connectivity index (χ2v) is 9.86. The van der Waals surface area contributed by atoms with E-state index in [9.17, 15) is 4.79 Å². The average molecular weight is 472 g/mol. The molecule has 7 heteroatoms. The highest BCUT2D eigenvalue weighted by molar-refractivity contribution is 7.14. The molecule has 34 heavy (non-hydrogen) atoms. The van der Waals surface area contributed by atoms with Gasteiger partial charge in [-0.3, -0.25) is 15.1 Å². The van der Waals surface area contributed by atoms with Gasteiger partial charge in [0.25, 0.3) is 5.91 Å². The van der Waals surface area contributed by atoms with Crippen molar-refractivity contribution in [3.8, 4) is 0 Å². The van der Waals surface area contributed by atoms with E-state index in [1.165, 1.54) is 22.6 Å². The average Bonchev–Trinajstić information content (AvgIpc) is 3.60. The molecule has 6 nitrogen and oxygen atoms in total. The summed E-state index contributed by atoms with van der Waals surface area (Å²) in [6, 6.07) is 16.8. The Labute approximate surface area is 204 Å². The van der Waals surface area contributed by atoms with E-state index in [0.717, 1.165) is 30.6 Å². The molecule has 1 aliphatic heterocycles. The van der Waals surface area contributed by atoms with Crippen molar-refractivity contribution in [1.82, 2.24) is 14.5 Å². The minimum Gasteiger partial charge on any atom is -0.363 e. The third kappa shape index (κ3) is 4.75. The Morgan fingerprint density at radius 1 is 1.15 bits per heavy atom. The topological polar surface area (TPSA) is 63.1 Å². The molecule has 174 valence electrons. The molecule has 4 heterocycles. The van der Waals surface area contributed by atoms with Gasteiger partial charge in [-0.05, 0) is 66.3 Å². The first kappa shape index (κ1) is 22.3. The van der Waals surface area contributed by atoms with Crippen molar-refractivity contribution in [3.05, 3.63) is 95.0 Å². The number of nitrogens with one attached hydrogen (secondary N) is 1. The van der Waals surface area contributed by atoms with E-state index >= 15 is 0 Å². The van der Waals surface area contributed by atoms with Gasteiger partial charge in [-0.2, -0.15) is 0 Å². The Morgan fingerprint density at radius 3 is 2.71 bits per heavy atom. The van der Waals surface area contributed by atoms with Gasteiger partial charge in [-0.1, -0.05) is 26.0 Å². The number of nitrogens with zero attached hydrogens (tertiary/aromatic N) is 4. The number of thiazole rings is 1. The number of rotatable bonds is 7. The van der Waals surface area contributed by atoms with Crippen LogP contribution in [0.4, 0.5) is 10.8 Å². The van der Waals surface area contributed by atoms with Crippen molar-refractivity contribution in [2.24, 2.45) is 0 Å². The van der Waals surface area contributed by atoms with Gasteiger partial charge >= 0.3 is 0 Å². The second kappa shape index (κ2) is 9.81. The Bertz CT molecular complexity index is 1250. The molecule has 1 aliphatic rings. The Balaban J connectivity index is 1.28. The van der Waals surface area contributed by atoms with Gasteiger partial charge in [0.2, 0.25) is 0 Å². The monoisotopic (exact) mass is 471 g/mol. The zero-order chi connectivity index (χ0) is 23.5. The zero-order valence-corrected chi connectivity index (χ0v) is 20.3. The van der Waals surface area contributed by atoms with Crippen LogP contribution in [-0.2, 0) is 6.54 Å².